The van der Waals surface area contributed by atoms with Gasteiger partial charge < -0.3 is 10.6 Å². The van der Waals surface area contributed by atoms with Crippen LogP contribution >= 0.6 is 11.6 Å². The second-order valence-corrected chi connectivity index (χ2v) is 5.26. The molecule has 2 N–H and O–H groups in total. The lowest BCUT2D eigenvalue weighted by molar-refractivity contribution is -0.116. The van der Waals surface area contributed by atoms with Gasteiger partial charge in [-0.1, -0.05) is 29.3 Å². The molecule has 2 rings (SSSR count). The highest BCUT2D eigenvalue weighted by molar-refractivity contribution is 6.31. The number of benzene rings is 2. The first kappa shape index (κ1) is 15.3. The molecule has 0 fully saturated rings. The molecule has 1 amide bonds. The van der Waals surface area contributed by atoms with Crippen molar-refractivity contribution in [3.05, 3.63) is 58.9 Å². The molecule has 0 aliphatic heterocycles. The second-order valence-electron chi connectivity index (χ2n) is 4.85. The van der Waals surface area contributed by atoms with Crippen molar-refractivity contribution < 1.29 is 9.18 Å². The minimum absolute atomic E-state index is 0.0196. The van der Waals surface area contributed by atoms with Gasteiger partial charge in [-0.3, -0.25) is 4.79 Å². The van der Waals surface area contributed by atoms with Gasteiger partial charge in [0.05, 0.1) is 5.02 Å². The Morgan fingerprint density at radius 1 is 1.14 bits per heavy atom. The van der Waals surface area contributed by atoms with E-state index in [1.54, 1.807) is 6.92 Å². The van der Waals surface area contributed by atoms with Crippen LogP contribution in [0.3, 0.4) is 0 Å². The number of rotatable bonds is 4. The Morgan fingerprint density at radius 2 is 1.76 bits per heavy atom. The van der Waals surface area contributed by atoms with E-state index in [0.717, 1.165) is 11.3 Å². The second kappa shape index (κ2) is 6.59. The number of amides is 1. The number of anilines is 2. The number of hydrogen-bond acceptors (Lipinski definition) is 2. The summed E-state index contributed by atoms with van der Waals surface area (Å²) in [4.78, 5) is 12.1. The van der Waals surface area contributed by atoms with E-state index in [0.29, 0.717) is 5.69 Å². The van der Waals surface area contributed by atoms with E-state index in [9.17, 15) is 9.18 Å². The van der Waals surface area contributed by atoms with Gasteiger partial charge in [0.1, 0.15) is 11.9 Å². The van der Waals surface area contributed by atoms with Crippen LogP contribution in [0.2, 0.25) is 5.02 Å². The first-order chi connectivity index (χ1) is 9.95. The molecule has 0 aliphatic carbocycles. The first-order valence-electron chi connectivity index (χ1n) is 6.55. The highest BCUT2D eigenvalue weighted by Crippen LogP contribution is 2.20. The maximum absolute atomic E-state index is 13.1. The van der Waals surface area contributed by atoms with Crippen molar-refractivity contribution in [2.45, 2.75) is 19.9 Å². The maximum Gasteiger partial charge on any atom is 0.246 e. The molecule has 0 radical (unpaired) electrons. The predicted molar refractivity (Wildman–Crippen MR) is 84.3 cm³/mol. The topological polar surface area (TPSA) is 41.1 Å². The predicted octanol–water partition coefficient (Wildman–Crippen LogP) is 4.23. The summed E-state index contributed by atoms with van der Waals surface area (Å²) in [6.45, 7) is 3.70. The van der Waals surface area contributed by atoms with Crippen LogP contribution in [0.25, 0.3) is 0 Å². The highest BCUT2D eigenvalue weighted by atomic mass is 35.5. The lowest BCUT2D eigenvalue weighted by Crippen LogP contribution is -2.31. The molecule has 110 valence electrons. The molecule has 1 atom stereocenters. The Kier molecular flexibility index (Phi) is 4.81. The van der Waals surface area contributed by atoms with Gasteiger partial charge in [-0.25, -0.2) is 4.39 Å². The molecule has 3 nitrogen and oxygen atoms in total. The van der Waals surface area contributed by atoms with Crippen molar-refractivity contribution in [1.82, 2.24) is 0 Å². The van der Waals surface area contributed by atoms with Crippen LogP contribution in [0.5, 0.6) is 0 Å². The quantitative estimate of drug-likeness (QED) is 0.887. The molecule has 2 aromatic carbocycles. The zero-order chi connectivity index (χ0) is 15.4. The van der Waals surface area contributed by atoms with E-state index in [1.807, 2.05) is 31.2 Å². The largest absolute Gasteiger partial charge is 0.374 e. The summed E-state index contributed by atoms with van der Waals surface area (Å²) in [6, 6.07) is 11.3. The minimum Gasteiger partial charge on any atom is -0.374 e. The normalized spacial score (nSPS) is 11.8. The number of carbonyl (C=O) groups excluding carboxylic acids is 1. The molecule has 5 heteroatoms. The molecule has 0 spiro atoms. The molecule has 1 unspecified atom stereocenters. The molecule has 21 heavy (non-hydrogen) atoms. The van der Waals surface area contributed by atoms with Crippen LogP contribution in [0.15, 0.2) is 42.5 Å². The molecule has 0 bridgehead atoms. The van der Waals surface area contributed by atoms with E-state index in [1.165, 1.54) is 18.2 Å². The number of hydrogen-bond donors (Lipinski definition) is 2. The molecular formula is C16H16ClFN2O. The van der Waals surface area contributed by atoms with Gasteiger partial charge in [-0.2, -0.15) is 0 Å². The minimum atomic E-state index is -0.487. The van der Waals surface area contributed by atoms with Gasteiger partial charge in [0.25, 0.3) is 0 Å². The van der Waals surface area contributed by atoms with Crippen molar-refractivity contribution in [2.24, 2.45) is 0 Å². The Labute approximate surface area is 128 Å². The van der Waals surface area contributed by atoms with E-state index < -0.39 is 11.9 Å². The van der Waals surface area contributed by atoms with Crippen molar-refractivity contribution in [3.63, 3.8) is 0 Å². The van der Waals surface area contributed by atoms with Crippen molar-refractivity contribution >= 4 is 28.9 Å². The van der Waals surface area contributed by atoms with E-state index in [4.69, 9.17) is 11.6 Å². The molecule has 0 aromatic heterocycles. The van der Waals surface area contributed by atoms with Crippen LogP contribution in [0, 0.1) is 12.7 Å². The fourth-order valence-electron chi connectivity index (χ4n) is 1.79. The third-order valence-electron chi connectivity index (χ3n) is 3.02. The molecule has 0 saturated heterocycles. The standard InChI is InChI=1S/C16H16ClFN2O/c1-10-3-5-12(6-4-10)20-16(21)11(2)19-13-7-8-15(18)14(17)9-13/h3-9,11,19H,1-2H3,(H,20,21). The zero-order valence-electron chi connectivity index (χ0n) is 11.8. The van der Waals surface area contributed by atoms with Crippen molar-refractivity contribution in [1.29, 1.82) is 0 Å². The fourth-order valence-corrected chi connectivity index (χ4v) is 1.97. The van der Waals surface area contributed by atoms with Crippen LogP contribution in [0.1, 0.15) is 12.5 Å². The summed E-state index contributed by atoms with van der Waals surface area (Å²) in [5, 5.41) is 5.80. The number of halogens is 2. The van der Waals surface area contributed by atoms with Gasteiger partial charge >= 0.3 is 0 Å². The number of aryl methyl sites for hydroxylation is 1. The summed E-state index contributed by atoms with van der Waals surface area (Å²) >= 11 is 5.71. The van der Waals surface area contributed by atoms with E-state index in [-0.39, 0.29) is 10.9 Å². The molecule has 0 heterocycles. The Morgan fingerprint density at radius 3 is 2.38 bits per heavy atom. The van der Waals surface area contributed by atoms with Gasteiger partial charge in [0.2, 0.25) is 5.91 Å². The average Bonchev–Trinajstić information content (AvgIpc) is 2.45. The number of nitrogens with one attached hydrogen (secondary N) is 2. The van der Waals surface area contributed by atoms with Crippen molar-refractivity contribution in [3.8, 4) is 0 Å². The monoisotopic (exact) mass is 306 g/mol. The summed E-state index contributed by atoms with van der Waals surface area (Å²) in [5.74, 6) is -0.668. The Hall–Kier alpha value is -2.07. The third kappa shape index (κ3) is 4.20. The summed E-state index contributed by atoms with van der Waals surface area (Å²) in [5.41, 5.74) is 2.45. The SMILES string of the molecule is Cc1ccc(NC(=O)C(C)Nc2ccc(F)c(Cl)c2)cc1. The molecule has 0 aliphatic rings. The highest BCUT2D eigenvalue weighted by Gasteiger charge is 2.13. The molecule has 2 aromatic rings. The molecule has 0 saturated carbocycles. The lowest BCUT2D eigenvalue weighted by atomic mass is 10.2. The van der Waals surface area contributed by atoms with E-state index in [2.05, 4.69) is 10.6 Å². The number of carbonyl (C=O) groups is 1. The smallest absolute Gasteiger partial charge is 0.246 e. The van der Waals surface area contributed by atoms with Gasteiger partial charge in [-0.05, 0) is 44.2 Å². The Bertz CT molecular complexity index is 643. The van der Waals surface area contributed by atoms with Crippen LogP contribution in [-0.4, -0.2) is 11.9 Å². The molecular weight excluding hydrogens is 291 g/mol. The average molecular weight is 307 g/mol. The maximum atomic E-state index is 13.1. The third-order valence-corrected chi connectivity index (χ3v) is 3.30. The van der Waals surface area contributed by atoms with Gasteiger partial charge in [0, 0.05) is 11.4 Å². The summed E-state index contributed by atoms with van der Waals surface area (Å²) in [7, 11) is 0. The fraction of sp³-hybridized carbons (Fsp3) is 0.188. The van der Waals surface area contributed by atoms with Crippen LogP contribution < -0.4 is 10.6 Å². The van der Waals surface area contributed by atoms with Gasteiger partial charge in [-0.15, -0.1) is 0 Å². The first-order valence-corrected chi connectivity index (χ1v) is 6.92. The summed E-state index contributed by atoms with van der Waals surface area (Å²) < 4.78 is 13.1. The van der Waals surface area contributed by atoms with Crippen LogP contribution in [0.4, 0.5) is 15.8 Å². The lowest BCUT2D eigenvalue weighted by Gasteiger charge is -2.15. The van der Waals surface area contributed by atoms with Crippen LogP contribution in [-0.2, 0) is 4.79 Å². The van der Waals surface area contributed by atoms with E-state index >= 15 is 0 Å². The summed E-state index contributed by atoms with van der Waals surface area (Å²) in [6.07, 6.45) is 0. The van der Waals surface area contributed by atoms with Crippen molar-refractivity contribution in [2.75, 3.05) is 10.6 Å². The Balaban J connectivity index is 1.98. The van der Waals surface area contributed by atoms with Gasteiger partial charge in [0.15, 0.2) is 0 Å². The zero-order valence-corrected chi connectivity index (χ0v) is 12.5.